The molecule has 0 spiro atoms. The molecule has 1 heterocycles. The quantitative estimate of drug-likeness (QED) is 0.869. The number of aliphatic carboxylic acids is 1. The molecule has 1 aromatic heterocycles. The van der Waals surface area contributed by atoms with Crippen LogP contribution in [-0.2, 0) is 4.79 Å². The molecule has 0 aliphatic heterocycles. The van der Waals surface area contributed by atoms with Crippen molar-refractivity contribution in [1.82, 2.24) is 10.5 Å². The molecule has 2 N–H and O–H groups in total. The minimum absolute atomic E-state index is 0.0159. The van der Waals surface area contributed by atoms with E-state index < -0.39 is 17.9 Å². The van der Waals surface area contributed by atoms with Crippen LogP contribution in [-0.4, -0.2) is 22.1 Å². The van der Waals surface area contributed by atoms with Crippen LogP contribution in [0.4, 0.5) is 0 Å². The molecule has 6 heteroatoms. The van der Waals surface area contributed by atoms with Crippen LogP contribution in [0.15, 0.2) is 41.1 Å². The number of amides is 1. The first-order valence-corrected chi connectivity index (χ1v) is 5.59. The van der Waals surface area contributed by atoms with Gasteiger partial charge in [-0.1, -0.05) is 35.5 Å². The van der Waals surface area contributed by atoms with Crippen molar-refractivity contribution in [2.75, 3.05) is 0 Å². The fraction of sp³-hybridized carbons (Fsp3) is 0.154. The van der Waals surface area contributed by atoms with E-state index >= 15 is 0 Å². The van der Waals surface area contributed by atoms with E-state index in [0.29, 0.717) is 11.1 Å². The van der Waals surface area contributed by atoms with Crippen LogP contribution in [0.25, 0.3) is 0 Å². The smallest absolute Gasteiger partial charge is 0.330 e. The molecule has 0 saturated heterocycles. The second kappa shape index (κ2) is 5.34. The van der Waals surface area contributed by atoms with Crippen molar-refractivity contribution in [2.24, 2.45) is 0 Å². The summed E-state index contributed by atoms with van der Waals surface area (Å²) in [4.78, 5) is 23.1. The first-order chi connectivity index (χ1) is 9.09. The van der Waals surface area contributed by atoms with Crippen molar-refractivity contribution in [3.63, 3.8) is 0 Å². The maximum absolute atomic E-state index is 11.9. The molecule has 6 nitrogen and oxygen atoms in total. The van der Waals surface area contributed by atoms with Gasteiger partial charge in [0, 0.05) is 5.56 Å². The van der Waals surface area contributed by atoms with E-state index in [9.17, 15) is 14.7 Å². The van der Waals surface area contributed by atoms with E-state index in [0.717, 1.165) is 0 Å². The van der Waals surface area contributed by atoms with Crippen molar-refractivity contribution < 1.29 is 19.2 Å². The zero-order chi connectivity index (χ0) is 13.8. The SMILES string of the molecule is Cc1cnoc1C(=O)NC(C(=O)O)c1ccccc1. The minimum Gasteiger partial charge on any atom is -0.479 e. The van der Waals surface area contributed by atoms with Gasteiger partial charge in [-0.25, -0.2) is 4.79 Å². The summed E-state index contributed by atoms with van der Waals surface area (Å²) in [7, 11) is 0. The van der Waals surface area contributed by atoms with Gasteiger partial charge in [-0.05, 0) is 12.5 Å². The molecule has 0 fully saturated rings. The van der Waals surface area contributed by atoms with Crippen LogP contribution in [0.1, 0.15) is 27.7 Å². The summed E-state index contributed by atoms with van der Waals surface area (Å²) in [5.74, 6) is -1.73. The number of carboxylic acids is 1. The maximum Gasteiger partial charge on any atom is 0.330 e. The third-order valence-corrected chi connectivity index (χ3v) is 2.61. The van der Waals surface area contributed by atoms with Gasteiger partial charge >= 0.3 is 5.97 Å². The number of carbonyl (C=O) groups is 2. The lowest BCUT2D eigenvalue weighted by molar-refractivity contribution is -0.139. The van der Waals surface area contributed by atoms with Crippen LogP contribution in [0.5, 0.6) is 0 Å². The largest absolute Gasteiger partial charge is 0.479 e. The average molecular weight is 260 g/mol. The molecule has 0 aliphatic rings. The molecule has 1 aromatic carbocycles. The van der Waals surface area contributed by atoms with Crippen molar-refractivity contribution in [3.05, 3.63) is 53.4 Å². The van der Waals surface area contributed by atoms with Gasteiger partial charge in [0.15, 0.2) is 6.04 Å². The Morgan fingerprint density at radius 1 is 1.32 bits per heavy atom. The van der Waals surface area contributed by atoms with Gasteiger partial charge in [0.05, 0.1) is 6.20 Å². The third kappa shape index (κ3) is 2.79. The summed E-state index contributed by atoms with van der Waals surface area (Å²) in [5.41, 5.74) is 1.04. The van der Waals surface area contributed by atoms with Crippen molar-refractivity contribution >= 4 is 11.9 Å². The number of nitrogens with zero attached hydrogens (tertiary/aromatic N) is 1. The van der Waals surface area contributed by atoms with Gasteiger partial charge in [-0.2, -0.15) is 0 Å². The molecule has 19 heavy (non-hydrogen) atoms. The lowest BCUT2D eigenvalue weighted by Crippen LogP contribution is -2.33. The van der Waals surface area contributed by atoms with Gasteiger partial charge in [0.25, 0.3) is 5.91 Å². The molecular formula is C13H12N2O4. The second-order valence-electron chi connectivity index (χ2n) is 3.99. The van der Waals surface area contributed by atoms with Crippen molar-refractivity contribution in [2.45, 2.75) is 13.0 Å². The zero-order valence-electron chi connectivity index (χ0n) is 10.2. The van der Waals surface area contributed by atoms with Gasteiger partial charge in [-0.3, -0.25) is 4.79 Å². The number of nitrogens with one attached hydrogen (secondary N) is 1. The van der Waals surface area contributed by atoms with E-state index in [1.165, 1.54) is 6.20 Å². The van der Waals surface area contributed by atoms with E-state index in [1.54, 1.807) is 37.3 Å². The van der Waals surface area contributed by atoms with E-state index in [1.807, 2.05) is 0 Å². The number of aromatic nitrogens is 1. The lowest BCUT2D eigenvalue weighted by Gasteiger charge is -2.13. The summed E-state index contributed by atoms with van der Waals surface area (Å²) >= 11 is 0. The molecule has 2 aromatic rings. The Kier molecular flexibility index (Phi) is 3.61. The monoisotopic (exact) mass is 260 g/mol. The fourth-order valence-corrected chi connectivity index (χ4v) is 1.64. The number of aryl methyl sites for hydroxylation is 1. The Labute approximate surface area is 109 Å². The number of benzene rings is 1. The molecular weight excluding hydrogens is 248 g/mol. The fourth-order valence-electron chi connectivity index (χ4n) is 1.64. The van der Waals surface area contributed by atoms with E-state index in [-0.39, 0.29) is 5.76 Å². The van der Waals surface area contributed by atoms with E-state index in [2.05, 4.69) is 10.5 Å². The average Bonchev–Trinajstić information content (AvgIpc) is 2.82. The van der Waals surface area contributed by atoms with Gasteiger partial charge in [0.1, 0.15) is 0 Å². The number of hydrogen-bond donors (Lipinski definition) is 2. The number of carboxylic acid groups (broad SMARTS) is 1. The molecule has 0 bridgehead atoms. The molecule has 0 aliphatic carbocycles. The zero-order valence-corrected chi connectivity index (χ0v) is 10.2. The van der Waals surface area contributed by atoms with Gasteiger partial charge < -0.3 is 14.9 Å². The van der Waals surface area contributed by atoms with Crippen LogP contribution in [0.3, 0.4) is 0 Å². The predicted octanol–water partition coefficient (Wildman–Crippen LogP) is 1.54. The Morgan fingerprint density at radius 3 is 2.53 bits per heavy atom. The van der Waals surface area contributed by atoms with Crippen LogP contribution in [0, 0.1) is 6.92 Å². The van der Waals surface area contributed by atoms with Crippen LogP contribution >= 0.6 is 0 Å². The highest BCUT2D eigenvalue weighted by atomic mass is 16.5. The lowest BCUT2D eigenvalue weighted by atomic mass is 10.1. The van der Waals surface area contributed by atoms with Gasteiger partial charge in [-0.15, -0.1) is 0 Å². The summed E-state index contributed by atoms with van der Waals surface area (Å²) in [6.07, 6.45) is 1.40. The molecule has 1 amide bonds. The predicted molar refractivity (Wildman–Crippen MR) is 65.5 cm³/mol. The highest BCUT2D eigenvalue weighted by molar-refractivity contribution is 5.95. The molecule has 2 rings (SSSR count). The van der Waals surface area contributed by atoms with Gasteiger partial charge in [0.2, 0.25) is 5.76 Å². The summed E-state index contributed by atoms with van der Waals surface area (Å²) < 4.78 is 4.79. The number of rotatable bonds is 4. The van der Waals surface area contributed by atoms with Crippen molar-refractivity contribution in [1.29, 1.82) is 0 Å². The molecule has 1 atom stereocenters. The second-order valence-corrected chi connectivity index (χ2v) is 3.99. The summed E-state index contributed by atoms with van der Waals surface area (Å²) in [5, 5.41) is 15.1. The number of carbonyl (C=O) groups excluding carboxylic acids is 1. The standard InChI is InChI=1S/C13H12N2O4/c1-8-7-14-19-11(8)12(16)15-10(13(17)18)9-5-3-2-4-6-9/h2-7,10H,1H3,(H,15,16)(H,17,18). The highest BCUT2D eigenvalue weighted by Crippen LogP contribution is 2.14. The number of hydrogen-bond acceptors (Lipinski definition) is 4. The first kappa shape index (κ1) is 12.8. The topological polar surface area (TPSA) is 92.4 Å². The Bertz CT molecular complexity index is 592. The minimum atomic E-state index is -1.14. The van der Waals surface area contributed by atoms with E-state index in [4.69, 9.17) is 4.52 Å². The Balaban J connectivity index is 2.21. The summed E-state index contributed by atoms with van der Waals surface area (Å²) in [6.45, 7) is 1.66. The summed E-state index contributed by atoms with van der Waals surface area (Å²) in [6, 6.07) is 7.32. The molecule has 1 unspecified atom stereocenters. The third-order valence-electron chi connectivity index (χ3n) is 2.61. The van der Waals surface area contributed by atoms with Crippen molar-refractivity contribution in [3.8, 4) is 0 Å². The maximum atomic E-state index is 11.9. The van der Waals surface area contributed by atoms with Crippen LogP contribution < -0.4 is 5.32 Å². The first-order valence-electron chi connectivity index (χ1n) is 5.59. The highest BCUT2D eigenvalue weighted by Gasteiger charge is 2.24. The molecule has 0 radical (unpaired) electrons. The molecule has 0 saturated carbocycles. The Hall–Kier alpha value is -2.63. The Morgan fingerprint density at radius 2 is 2.00 bits per heavy atom. The normalized spacial score (nSPS) is 11.8. The molecule has 98 valence electrons. The van der Waals surface area contributed by atoms with Crippen LogP contribution in [0.2, 0.25) is 0 Å².